The highest BCUT2D eigenvalue weighted by Crippen LogP contribution is 2.53. The Kier molecular flexibility index (Phi) is 5.05. The van der Waals surface area contributed by atoms with Gasteiger partial charge in [-0.1, -0.05) is 0 Å². The van der Waals surface area contributed by atoms with Crippen molar-refractivity contribution < 1.29 is 44.3 Å². The second-order valence-electron chi connectivity index (χ2n) is 2.71. The third-order valence-electron chi connectivity index (χ3n) is 1.31. The summed E-state index contributed by atoms with van der Waals surface area (Å²) >= 11 is 7.47. The molecule has 0 bridgehead atoms. The Morgan fingerprint density at radius 1 is 0.778 bits per heavy atom. The third-order valence-corrected chi connectivity index (χ3v) is 2.64. The van der Waals surface area contributed by atoms with Crippen molar-refractivity contribution >= 4 is 45.8 Å². The SMILES string of the molecule is FC(F)(Cl)C(F)(Cl)OC(F)(F)C(F)(F)C(F)(F)I. The number of ether oxygens (including phenoxy) is 1. The summed E-state index contributed by atoms with van der Waals surface area (Å²) in [5.41, 5.74) is 0. The normalized spacial score (nSPS) is 18.7. The third kappa shape index (κ3) is 3.60. The molecule has 0 saturated heterocycles. The minimum atomic E-state index is -6.34. The average molecular weight is 445 g/mol. The van der Waals surface area contributed by atoms with E-state index in [2.05, 4.69) is 27.9 Å². The molecule has 0 N–H and O–H groups in total. The Morgan fingerprint density at radius 3 is 1.33 bits per heavy atom. The topological polar surface area (TPSA) is 9.23 Å². The molecule has 18 heavy (non-hydrogen) atoms. The molecule has 0 rings (SSSR count). The van der Waals surface area contributed by atoms with Gasteiger partial charge >= 0.3 is 26.7 Å². The number of rotatable bonds is 5. The molecule has 0 aromatic rings. The molecule has 0 radical (unpaired) electrons. The largest absolute Gasteiger partial charge is 0.430 e. The van der Waals surface area contributed by atoms with Crippen molar-refractivity contribution in [1.82, 2.24) is 0 Å². The molecule has 13 heteroatoms. The monoisotopic (exact) mass is 444 g/mol. The lowest BCUT2D eigenvalue weighted by Crippen LogP contribution is -2.56. The smallest absolute Gasteiger partial charge is 0.258 e. The lowest BCUT2D eigenvalue weighted by atomic mass is 10.3. The van der Waals surface area contributed by atoms with Crippen LogP contribution in [0.2, 0.25) is 0 Å². The van der Waals surface area contributed by atoms with Crippen molar-refractivity contribution in [3.05, 3.63) is 0 Å². The molecule has 0 aliphatic carbocycles. The lowest BCUT2D eigenvalue weighted by Gasteiger charge is -2.33. The molecule has 0 heterocycles. The lowest BCUT2D eigenvalue weighted by molar-refractivity contribution is -0.421. The van der Waals surface area contributed by atoms with E-state index in [0.717, 1.165) is 0 Å². The van der Waals surface area contributed by atoms with Gasteiger partial charge in [-0.05, 0) is 23.2 Å². The van der Waals surface area contributed by atoms with E-state index in [1.165, 1.54) is 0 Å². The van der Waals surface area contributed by atoms with Crippen LogP contribution in [0.15, 0.2) is 0 Å². The van der Waals surface area contributed by atoms with E-state index in [-0.39, 0.29) is 0 Å². The van der Waals surface area contributed by atoms with Crippen LogP contribution in [0.3, 0.4) is 0 Å². The molecule has 1 unspecified atom stereocenters. The molecule has 0 aromatic carbocycles. The number of halogens is 12. The van der Waals surface area contributed by atoms with E-state index in [1.54, 1.807) is 0 Å². The Morgan fingerprint density at radius 2 is 1.11 bits per heavy atom. The van der Waals surface area contributed by atoms with Gasteiger partial charge in [0.15, 0.2) is 0 Å². The first kappa shape index (κ1) is 18.6. The van der Waals surface area contributed by atoms with Gasteiger partial charge in [-0.15, -0.1) is 0 Å². The maximum absolute atomic E-state index is 12.6. The van der Waals surface area contributed by atoms with E-state index in [4.69, 9.17) is 0 Å². The summed E-state index contributed by atoms with van der Waals surface area (Å²) in [4.78, 5) is 0. The molecule has 0 fully saturated rings. The zero-order chi connectivity index (χ0) is 15.2. The molecule has 0 aliphatic rings. The average Bonchev–Trinajstić information content (AvgIpc) is 1.96. The molecule has 0 aromatic heterocycles. The minimum absolute atomic E-state index is 0.412. The first-order chi connectivity index (χ1) is 7.46. The van der Waals surface area contributed by atoms with Gasteiger partial charge in [-0.25, -0.2) is 0 Å². The number of alkyl halides is 12. The molecule has 110 valence electrons. The highest BCUT2D eigenvalue weighted by molar-refractivity contribution is 14.1. The van der Waals surface area contributed by atoms with E-state index >= 15 is 0 Å². The highest BCUT2D eigenvalue weighted by atomic mass is 127. The van der Waals surface area contributed by atoms with Gasteiger partial charge in [0.1, 0.15) is 0 Å². The van der Waals surface area contributed by atoms with E-state index in [1.807, 2.05) is 0 Å². The van der Waals surface area contributed by atoms with Crippen molar-refractivity contribution in [3.8, 4) is 0 Å². The van der Waals surface area contributed by atoms with Crippen LogP contribution in [0, 0.1) is 0 Å². The van der Waals surface area contributed by atoms with Gasteiger partial charge in [-0.2, -0.15) is 39.5 Å². The first-order valence-corrected chi connectivity index (χ1v) is 5.26. The summed E-state index contributed by atoms with van der Waals surface area (Å²) in [6.45, 7) is 0. The van der Waals surface area contributed by atoms with Crippen molar-refractivity contribution in [2.45, 2.75) is 26.7 Å². The minimum Gasteiger partial charge on any atom is -0.258 e. The molecular formula is C5Cl2F9IO. The van der Waals surface area contributed by atoms with Crippen LogP contribution in [0.5, 0.6) is 0 Å². The molecule has 0 amide bonds. The summed E-state index contributed by atoms with van der Waals surface area (Å²) in [5.74, 6) is -6.31. The molecular weight excluding hydrogens is 445 g/mol. The fourth-order valence-corrected chi connectivity index (χ4v) is 0.897. The van der Waals surface area contributed by atoms with Crippen molar-refractivity contribution in [2.75, 3.05) is 0 Å². The van der Waals surface area contributed by atoms with E-state index in [9.17, 15) is 39.5 Å². The van der Waals surface area contributed by atoms with Crippen LogP contribution in [0.25, 0.3) is 0 Å². The second-order valence-corrected chi connectivity index (χ2v) is 5.02. The number of hydrogen-bond acceptors (Lipinski definition) is 1. The molecule has 0 aliphatic heterocycles. The molecule has 1 nitrogen and oxygen atoms in total. The first-order valence-electron chi connectivity index (χ1n) is 3.43. The van der Waals surface area contributed by atoms with Crippen molar-refractivity contribution in [1.29, 1.82) is 0 Å². The fourth-order valence-electron chi connectivity index (χ4n) is 0.448. The van der Waals surface area contributed by atoms with Crippen LogP contribution >= 0.6 is 45.8 Å². The van der Waals surface area contributed by atoms with E-state index < -0.39 is 49.2 Å². The van der Waals surface area contributed by atoms with Gasteiger partial charge < -0.3 is 0 Å². The standard InChI is InChI=1S/C5Cl2F9IO/c6-2(10,11)3(7,12)18-5(15,16)1(8,9)4(13,14)17. The highest BCUT2D eigenvalue weighted by Gasteiger charge is 2.75. The van der Waals surface area contributed by atoms with Crippen molar-refractivity contribution in [3.63, 3.8) is 0 Å². The fraction of sp³-hybridized carbons (Fsp3) is 1.00. The summed E-state index contributed by atoms with van der Waals surface area (Å²) < 4.78 is 108. The van der Waals surface area contributed by atoms with Gasteiger partial charge in [0.05, 0.1) is 0 Å². The Labute approximate surface area is 117 Å². The van der Waals surface area contributed by atoms with E-state index in [0.29, 0.717) is 0 Å². The van der Waals surface area contributed by atoms with Crippen LogP contribution in [0.4, 0.5) is 39.5 Å². The number of hydrogen-bond donors (Lipinski definition) is 0. The predicted octanol–water partition coefficient (Wildman–Crippen LogP) is 4.95. The zero-order valence-electron chi connectivity index (χ0n) is 7.44. The molecule has 0 saturated carbocycles. The summed E-state index contributed by atoms with van der Waals surface area (Å²) in [5, 5.41) is -10.7. The van der Waals surface area contributed by atoms with Gasteiger partial charge in [-0.3, -0.25) is 4.74 Å². The van der Waals surface area contributed by atoms with Crippen LogP contribution in [0.1, 0.15) is 0 Å². The quantitative estimate of drug-likeness (QED) is 0.331. The van der Waals surface area contributed by atoms with Crippen LogP contribution < -0.4 is 0 Å². The van der Waals surface area contributed by atoms with Crippen LogP contribution in [-0.2, 0) is 4.74 Å². The predicted molar refractivity (Wildman–Crippen MR) is 50.4 cm³/mol. The summed E-state index contributed by atoms with van der Waals surface area (Å²) in [6, 6.07) is 0. The van der Waals surface area contributed by atoms with Gasteiger partial charge in [0.2, 0.25) is 0 Å². The van der Waals surface area contributed by atoms with Gasteiger partial charge in [0.25, 0.3) is 0 Å². The van der Waals surface area contributed by atoms with Gasteiger partial charge in [0, 0.05) is 22.6 Å². The molecule has 0 spiro atoms. The summed E-state index contributed by atoms with van der Waals surface area (Å²) in [6.07, 6.45) is -6.34. The van der Waals surface area contributed by atoms with Crippen LogP contribution in [-0.4, -0.2) is 26.7 Å². The summed E-state index contributed by atoms with van der Waals surface area (Å²) in [7, 11) is 0. The zero-order valence-corrected chi connectivity index (χ0v) is 11.1. The maximum Gasteiger partial charge on any atom is 0.430 e. The Balaban J connectivity index is 5.33. The maximum atomic E-state index is 12.6. The Hall–Kier alpha value is 0.640. The molecule has 1 atom stereocenters. The van der Waals surface area contributed by atoms with Crippen molar-refractivity contribution in [2.24, 2.45) is 0 Å². The Bertz CT molecular complexity index is 309. The second kappa shape index (κ2) is 4.88.